The van der Waals surface area contributed by atoms with Gasteiger partial charge in [-0.3, -0.25) is 4.79 Å². The third kappa shape index (κ3) is 4.76. The first kappa shape index (κ1) is 22.7. The second-order valence-corrected chi connectivity index (χ2v) is 8.46. The van der Waals surface area contributed by atoms with E-state index in [1.807, 2.05) is 24.0 Å². The number of hydrogen-bond acceptors (Lipinski definition) is 8. The summed E-state index contributed by atoms with van der Waals surface area (Å²) >= 11 is 0. The van der Waals surface area contributed by atoms with E-state index in [1.165, 1.54) is 17.0 Å². The number of hydrogen-bond donors (Lipinski definition) is 1. The molecule has 0 spiro atoms. The van der Waals surface area contributed by atoms with E-state index < -0.39 is 5.82 Å². The van der Waals surface area contributed by atoms with Crippen LogP contribution in [0.5, 0.6) is 11.8 Å². The zero-order valence-corrected chi connectivity index (χ0v) is 19.5. The van der Waals surface area contributed by atoms with Gasteiger partial charge in [0.25, 0.3) is 5.91 Å². The fourth-order valence-corrected chi connectivity index (χ4v) is 3.80. The Morgan fingerprint density at radius 3 is 2.86 bits per heavy atom. The van der Waals surface area contributed by atoms with Crippen molar-refractivity contribution >= 4 is 22.9 Å². The van der Waals surface area contributed by atoms with Crippen LogP contribution in [0.2, 0.25) is 0 Å². The molecule has 1 amide bonds. The molecule has 4 aromatic rings. The van der Waals surface area contributed by atoms with Crippen LogP contribution in [-0.2, 0) is 4.74 Å². The van der Waals surface area contributed by atoms with Crippen molar-refractivity contribution in [1.29, 1.82) is 0 Å². The van der Waals surface area contributed by atoms with Gasteiger partial charge in [-0.05, 0) is 37.3 Å². The maximum Gasteiger partial charge on any atom is 0.327 e. The van der Waals surface area contributed by atoms with Crippen molar-refractivity contribution in [3.8, 4) is 23.1 Å². The molecule has 4 heterocycles. The molecule has 1 aliphatic rings. The number of carbonyl (C=O) groups is 1. The molecule has 1 fully saturated rings. The Kier molecular flexibility index (Phi) is 6.00. The summed E-state index contributed by atoms with van der Waals surface area (Å²) in [5.74, 6) is -0.363. The minimum Gasteiger partial charge on any atom is -0.421 e. The number of ether oxygens (including phenoxy) is 2. The number of rotatable bonds is 5. The molecule has 3 aromatic heterocycles. The zero-order valence-electron chi connectivity index (χ0n) is 19.5. The Hall–Kier alpha value is -4.12. The highest BCUT2D eigenvalue weighted by Gasteiger charge is 2.22. The summed E-state index contributed by atoms with van der Waals surface area (Å²) in [5, 5.41) is 0.902. The van der Waals surface area contributed by atoms with E-state index in [4.69, 9.17) is 9.47 Å². The first-order chi connectivity index (χ1) is 16.9. The van der Waals surface area contributed by atoms with Gasteiger partial charge in [-0.25, -0.2) is 9.37 Å². The molecule has 0 aliphatic carbocycles. The summed E-state index contributed by atoms with van der Waals surface area (Å²) in [7, 11) is 3.20. The zero-order chi connectivity index (χ0) is 24.5. The van der Waals surface area contributed by atoms with Crippen molar-refractivity contribution in [3.63, 3.8) is 0 Å². The lowest BCUT2D eigenvalue weighted by atomic mass is 10.2. The number of benzene rings is 1. The molecule has 35 heavy (non-hydrogen) atoms. The number of nitrogens with zero attached hydrogens (tertiary/aromatic N) is 6. The number of fused-ring (bicyclic) bond motifs is 1. The third-order valence-corrected chi connectivity index (χ3v) is 5.57. The fraction of sp³-hybridized carbons (Fsp3) is 0.292. The van der Waals surface area contributed by atoms with Gasteiger partial charge in [0, 0.05) is 56.1 Å². The Bertz CT molecular complexity index is 1390. The smallest absolute Gasteiger partial charge is 0.327 e. The summed E-state index contributed by atoms with van der Waals surface area (Å²) in [4.78, 5) is 36.5. The van der Waals surface area contributed by atoms with Crippen molar-refractivity contribution < 1.29 is 18.7 Å². The average molecular weight is 478 g/mol. The maximum absolute atomic E-state index is 14.8. The summed E-state index contributed by atoms with van der Waals surface area (Å²) in [6, 6.07) is 7.77. The number of nitrogens with one attached hydrogen (secondary N) is 1. The first-order valence-electron chi connectivity index (χ1n) is 11.1. The van der Waals surface area contributed by atoms with Crippen LogP contribution in [0, 0.1) is 5.82 Å². The van der Waals surface area contributed by atoms with Gasteiger partial charge in [-0.2, -0.15) is 15.0 Å². The lowest BCUT2D eigenvalue weighted by Gasteiger charge is -2.31. The number of aromatic nitrogens is 5. The van der Waals surface area contributed by atoms with Crippen LogP contribution >= 0.6 is 0 Å². The van der Waals surface area contributed by atoms with E-state index in [0.717, 1.165) is 17.1 Å². The number of pyridine rings is 1. The van der Waals surface area contributed by atoms with Crippen LogP contribution in [0.25, 0.3) is 22.4 Å². The molecular formula is C24H24FN7O3. The molecule has 0 bridgehead atoms. The Labute approximate surface area is 200 Å². The van der Waals surface area contributed by atoms with Gasteiger partial charge in [0.15, 0.2) is 17.4 Å². The van der Waals surface area contributed by atoms with Gasteiger partial charge in [-0.15, -0.1) is 0 Å². The number of anilines is 1. The molecule has 1 aromatic carbocycles. The molecular weight excluding hydrogens is 453 g/mol. The number of amides is 1. The van der Waals surface area contributed by atoms with E-state index >= 15 is 0 Å². The lowest BCUT2D eigenvalue weighted by Crippen LogP contribution is -2.42. The summed E-state index contributed by atoms with van der Waals surface area (Å²) in [5.41, 5.74) is 1.63. The predicted molar refractivity (Wildman–Crippen MR) is 127 cm³/mol. The largest absolute Gasteiger partial charge is 0.421 e. The van der Waals surface area contributed by atoms with E-state index in [2.05, 4.69) is 24.9 Å². The summed E-state index contributed by atoms with van der Waals surface area (Å²) in [6.07, 6.45) is 3.47. The van der Waals surface area contributed by atoms with Gasteiger partial charge < -0.3 is 24.3 Å². The Balaban J connectivity index is 1.52. The van der Waals surface area contributed by atoms with Gasteiger partial charge in [0.05, 0.1) is 12.7 Å². The van der Waals surface area contributed by atoms with Crippen LogP contribution < -0.4 is 9.64 Å². The van der Waals surface area contributed by atoms with Crippen LogP contribution in [0.3, 0.4) is 0 Å². The summed E-state index contributed by atoms with van der Waals surface area (Å²) < 4.78 is 26.2. The lowest BCUT2D eigenvalue weighted by molar-refractivity contribution is 0.0526. The van der Waals surface area contributed by atoms with Crippen molar-refractivity contribution in [2.75, 3.05) is 38.7 Å². The van der Waals surface area contributed by atoms with Crippen molar-refractivity contribution in [3.05, 3.63) is 54.1 Å². The van der Waals surface area contributed by atoms with Crippen molar-refractivity contribution in [2.45, 2.75) is 13.0 Å². The first-order valence-corrected chi connectivity index (χ1v) is 11.1. The summed E-state index contributed by atoms with van der Waals surface area (Å²) in [6.45, 7) is 3.69. The monoisotopic (exact) mass is 477 g/mol. The Morgan fingerprint density at radius 2 is 2.09 bits per heavy atom. The van der Waals surface area contributed by atoms with Crippen LogP contribution in [0.4, 0.5) is 10.3 Å². The molecule has 0 radical (unpaired) electrons. The van der Waals surface area contributed by atoms with Gasteiger partial charge in [0.2, 0.25) is 5.95 Å². The van der Waals surface area contributed by atoms with Gasteiger partial charge in [-0.1, -0.05) is 0 Å². The molecule has 11 heteroatoms. The molecule has 0 saturated carbocycles. The predicted octanol–water partition coefficient (Wildman–Crippen LogP) is 3.27. The molecule has 10 nitrogen and oxygen atoms in total. The average Bonchev–Trinajstić information content (AvgIpc) is 3.32. The molecule has 1 N–H and O–H groups in total. The number of morpholine rings is 1. The van der Waals surface area contributed by atoms with E-state index in [-0.39, 0.29) is 29.3 Å². The van der Waals surface area contributed by atoms with Crippen molar-refractivity contribution in [2.24, 2.45) is 0 Å². The number of carbonyl (C=O) groups excluding carboxylic acids is 1. The van der Waals surface area contributed by atoms with Crippen LogP contribution in [0.15, 0.2) is 42.7 Å². The SMILES string of the molecule is C[C@H]1CN(c2nc(Oc3ccc(C(=O)N(C)C)cc3F)nc(-c3cnc4[nH]ccc4c3)n2)CCO1. The molecule has 0 unspecified atom stereocenters. The van der Waals surface area contributed by atoms with Gasteiger partial charge >= 0.3 is 6.01 Å². The van der Waals surface area contributed by atoms with E-state index in [1.54, 1.807) is 26.5 Å². The standard InChI is InChI=1S/C24H24FN7O3/c1-14-13-32(8-9-34-14)23-28-21(17-10-15-6-7-26-20(15)27-12-17)29-24(30-23)35-19-5-4-16(11-18(19)25)22(33)31(2)3/h4-7,10-12,14H,8-9,13H2,1-3H3,(H,26,27)/t14-/m0/s1. The molecule has 180 valence electrons. The maximum atomic E-state index is 14.8. The van der Waals surface area contributed by atoms with Gasteiger partial charge in [0.1, 0.15) is 5.65 Å². The number of aromatic amines is 1. The second-order valence-electron chi connectivity index (χ2n) is 8.46. The number of H-pyrrole nitrogens is 1. The molecule has 1 atom stereocenters. The van der Waals surface area contributed by atoms with E-state index in [0.29, 0.717) is 37.0 Å². The highest BCUT2D eigenvalue weighted by molar-refractivity contribution is 5.94. The Morgan fingerprint density at radius 1 is 1.23 bits per heavy atom. The minimum absolute atomic E-state index is 0.00503. The fourth-order valence-electron chi connectivity index (χ4n) is 3.80. The molecule has 1 aliphatic heterocycles. The van der Waals surface area contributed by atoms with Crippen LogP contribution in [0.1, 0.15) is 17.3 Å². The highest BCUT2D eigenvalue weighted by atomic mass is 19.1. The highest BCUT2D eigenvalue weighted by Crippen LogP contribution is 2.28. The second kappa shape index (κ2) is 9.26. The van der Waals surface area contributed by atoms with E-state index in [9.17, 15) is 9.18 Å². The topological polar surface area (TPSA) is 109 Å². The molecule has 1 saturated heterocycles. The quantitative estimate of drug-likeness (QED) is 0.467. The third-order valence-electron chi connectivity index (χ3n) is 5.57. The normalized spacial score (nSPS) is 15.9. The minimum atomic E-state index is -0.698. The molecule has 5 rings (SSSR count). The van der Waals surface area contributed by atoms with Crippen molar-refractivity contribution in [1.82, 2.24) is 29.8 Å². The number of halogens is 1. The van der Waals surface area contributed by atoms with Crippen LogP contribution in [-0.4, -0.2) is 75.6 Å².